The van der Waals surface area contributed by atoms with Crippen LogP contribution in [0, 0.1) is 58.2 Å². The predicted octanol–water partition coefficient (Wildman–Crippen LogP) is 2.80. The first kappa shape index (κ1) is 11.4. The monoisotopic (exact) mass is 292 g/mol. The fourth-order valence-corrected chi connectivity index (χ4v) is 7.97. The minimum absolute atomic E-state index is 0.0507. The SMILES string of the molecule is O=C1[C@@H]2[C@H](C(=O)[C@H]3[C@H]1[C@@H]1C=C[C@@H]3C13CC3)[C@H]1C=C[C@@H]2C12CC2. The van der Waals surface area contributed by atoms with Gasteiger partial charge >= 0.3 is 0 Å². The highest BCUT2D eigenvalue weighted by Crippen LogP contribution is 2.78. The number of hydrogen-bond donors (Lipinski definition) is 0. The Kier molecular flexibility index (Phi) is 1.52. The summed E-state index contributed by atoms with van der Waals surface area (Å²) in [4.78, 5) is 26.8. The molecule has 0 radical (unpaired) electrons. The molecule has 0 saturated heterocycles. The van der Waals surface area contributed by atoms with E-state index in [0.29, 0.717) is 46.1 Å². The average Bonchev–Trinajstić information content (AvgIpc) is 3.37. The van der Waals surface area contributed by atoms with Gasteiger partial charge in [0.2, 0.25) is 0 Å². The van der Waals surface area contributed by atoms with Crippen LogP contribution in [-0.4, -0.2) is 11.6 Å². The number of fused-ring (bicyclic) bond motifs is 6. The maximum atomic E-state index is 13.4. The smallest absolute Gasteiger partial charge is 0.141 e. The lowest BCUT2D eigenvalue weighted by Gasteiger charge is -2.40. The molecule has 0 aromatic carbocycles. The van der Waals surface area contributed by atoms with Crippen molar-refractivity contribution >= 4 is 11.6 Å². The Morgan fingerprint density at radius 2 is 0.864 bits per heavy atom. The zero-order valence-electron chi connectivity index (χ0n) is 12.6. The number of carbonyl (C=O) groups excluding carboxylic acids is 2. The van der Waals surface area contributed by atoms with E-state index in [4.69, 9.17) is 0 Å². The summed E-state index contributed by atoms with van der Waals surface area (Å²) in [6, 6.07) is 0. The van der Waals surface area contributed by atoms with Gasteiger partial charge in [0.1, 0.15) is 11.6 Å². The average molecular weight is 292 g/mol. The maximum absolute atomic E-state index is 13.4. The lowest BCUT2D eigenvalue weighted by Crippen LogP contribution is -2.50. The predicted molar refractivity (Wildman–Crippen MR) is 79.5 cm³/mol. The molecule has 2 heteroatoms. The number of Topliss-reactive ketones (excluding diaryl/α,β-unsaturated/α-hetero) is 2. The Morgan fingerprint density at radius 1 is 0.591 bits per heavy atom. The second-order valence-electron chi connectivity index (χ2n) is 9.25. The minimum atomic E-state index is 0.0507. The summed E-state index contributed by atoms with van der Waals surface area (Å²) < 4.78 is 0. The highest BCUT2D eigenvalue weighted by atomic mass is 16.1. The first-order valence-electron chi connectivity index (χ1n) is 9.13. The maximum Gasteiger partial charge on any atom is 0.141 e. The van der Waals surface area contributed by atoms with Crippen LogP contribution in [0.3, 0.4) is 0 Å². The van der Waals surface area contributed by atoms with Gasteiger partial charge in [-0.25, -0.2) is 0 Å². The second-order valence-corrected chi connectivity index (χ2v) is 9.25. The van der Waals surface area contributed by atoms with Crippen molar-refractivity contribution in [3.63, 3.8) is 0 Å². The van der Waals surface area contributed by atoms with E-state index < -0.39 is 0 Å². The molecule has 2 spiro atoms. The molecule has 0 aliphatic heterocycles. The van der Waals surface area contributed by atoms with Crippen molar-refractivity contribution in [3.8, 4) is 0 Å². The van der Waals surface area contributed by atoms with Gasteiger partial charge in [-0.3, -0.25) is 9.59 Å². The highest BCUT2D eigenvalue weighted by Gasteiger charge is 2.78. The molecule has 0 aromatic rings. The van der Waals surface area contributed by atoms with Crippen LogP contribution < -0.4 is 0 Å². The van der Waals surface area contributed by atoms with Gasteiger partial charge in [0.05, 0.1) is 0 Å². The van der Waals surface area contributed by atoms with Gasteiger partial charge in [0.15, 0.2) is 0 Å². The molecule has 22 heavy (non-hydrogen) atoms. The van der Waals surface area contributed by atoms with E-state index >= 15 is 0 Å². The zero-order chi connectivity index (χ0) is 14.4. The topological polar surface area (TPSA) is 34.1 Å². The van der Waals surface area contributed by atoms with Crippen LogP contribution in [0.15, 0.2) is 24.3 Å². The van der Waals surface area contributed by atoms with E-state index in [2.05, 4.69) is 24.3 Å². The molecule has 0 amide bonds. The largest absolute Gasteiger partial charge is 0.299 e. The molecule has 0 aromatic heterocycles. The summed E-state index contributed by atoms with van der Waals surface area (Å²) in [6.07, 6.45) is 14.2. The number of carbonyl (C=O) groups is 2. The highest BCUT2D eigenvalue weighted by molar-refractivity contribution is 6.03. The van der Waals surface area contributed by atoms with Crippen LogP contribution in [0.1, 0.15) is 25.7 Å². The summed E-state index contributed by atoms with van der Waals surface area (Å²) >= 11 is 0. The molecule has 5 saturated carbocycles. The third kappa shape index (κ3) is 0.871. The zero-order valence-corrected chi connectivity index (χ0v) is 12.6. The van der Waals surface area contributed by atoms with Crippen molar-refractivity contribution in [2.24, 2.45) is 58.2 Å². The van der Waals surface area contributed by atoms with Gasteiger partial charge in [-0.1, -0.05) is 24.3 Å². The lowest BCUT2D eigenvalue weighted by molar-refractivity contribution is -0.148. The molecule has 7 aliphatic rings. The first-order valence-corrected chi connectivity index (χ1v) is 9.13. The Hall–Kier alpha value is -1.18. The van der Waals surface area contributed by atoms with Crippen molar-refractivity contribution in [1.29, 1.82) is 0 Å². The Bertz CT molecular complexity index is 610. The molecule has 4 bridgehead atoms. The van der Waals surface area contributed by atoms with Crippen molar-refractivity contribution in [2.45, 2.75) is 25.7 Å². The molecule has 0 N–H and O–H groups in total. The van der Waals surface area contributed by atoms with E-state index in [0.717, 1.165) is 0 Å². The fourth-order valence-electron chi connectivity index (χ4n) is 7.97. The summed E-state index contributed by atoms with van der Waals surface area (Å²) in [5.41, 5.74) is 0.673. The normalized spacial score (nSPS) is 58.7. The molecule has 0 unspecified atom stereocenters. The van der Waals surface area contributed by atoms with E-state index in [1.165, 1.54) is 25.7 Å². The van der Waals surface area contributed by atoms with Crippen molar-refractivity contribution in [2.75, 3.05) is 0 Å². The quantitative estimate of drug-likeness (QED) is 0.643. The Balaban J connectivity index is 1.41. The Labute approximate surface area is 130 Å². The van der Waals surface area contributed by atoms with Crippen molar-refractivity contribution < 1.29 is 9.59 Å². The molecule has 112 valence electrons. The number of hydrogen-bond acceptors (Lipinski definition) is 2. The standard InChI is InChI=1S/C20H20O2/c21-17-13-9-1-2-10(19(9)5-6-19)14(13)18(22)16-12-4-3-11(15(16)17)20(12)7-8-20/h1-4,9-16H,5-8H2/t9-,10-,11-,12+,13+,14+,15-,16+/m0/s1. The number of allylic oxidation sites excluding steroid dienone is 4. The summed E-state index contributed by atoms with van der Waals surface area (Å²) in [5.74, 6) is 2.78. The van der Waals surface area contributed by atoms with E-state index in [-0.39, 0.29) is 23.7 Å². The summed E-state index contributed by atoms with van der Waals surface area (Å²) in [7, 11) is 0. The van der Waals surface area contributed by atoms with E-state index in [1.807, 2.05) is 0 Å². The molecule has 2 nitrogen and oxygen atoms in total. The lowest BCUT2D eigenvalue weighted by atomic mass is 9.60. The second kappa shape index (κ2) is 2.95. The molecule has 0 heterocycles. The summed E-state index contributed by atoms with van der Waals surface area (Å²) in [6.45, 7) is 0. The van der Waals surface area contributed by atoms with Crippen LogP contribution in [0.4, 0.5) is 0 Å². The van der Waals surface area contributed by atoms with Gasteiger partial charge in [-0.15, -0.1) is 0 Å². The molecular formula is C20H20O2. The van der Waals surface area contributed by atoms with Crippen LogP contribution in [0.25, 0.3) is 0 Å². The first-order chi connectivity index (χ1) is 10.7. The van der Waals surface area contributed by atoms with Crippen molar-refractivity contribution in [3.05, 3.63) is 24.3 Å². The number of rotatable bonds is 0. The fraction of sp³-hybridized carbons (Fsp3) is 0.700. The van der Waals surface area contributed by atoms with Crippen LogP contribution in [0.2, 0.25) is 0 Å². The van der Waals surface area contributed by atoms with Crippen molar-refractivity contribution in [1.82, 2.24) is 0 Å². The van der Waals surface area contributed by atoms with Gasteiger partial charge < -0.3 is 0 Å². The molecule has 5 fully saturated rings. The third-order valence-electron chi connectivity index (χ3n) is 9.00. The van der Waals surface area contributed by atoms with Gasteiger partial charge in [-0.2, -0.15) is 0 Å². The summed E-state index contributed by atoms with van der Waals surface area (Å²) in [5, 5.41) is 0. The van der Waals surface area contributed by atoms with Gasteiger partial charge in [0.25, 0.3) is 0 Å². The minimum Gasteiger partial charge on any atom is -0.299 e. The van der Waals surface area contributed by atoms with Gasteiger partial charge in [0, 0.05) is 23.7 Å². The molecule has 8 atom stereocenters. The van der Waals surface area contributed by atoms with Gasteiger partial charge in [-0.05, 0) is 60.2 Å². The van der Waals surface area contributed by atoms with E-state index in [1.54, 1.807) is 0 Å². The Morgan fingerprint density at radius 3 is 1.09 bits per heavy atom. The number of ketones is 2. The molecule has 7 rings (SSSR count). The van der Waals surface area contributed by atoms with E-state index in [9.17, 15) is 9.59 Å². The van der Waals surface area contributed by atoms with Crippen LogP contribution in [0.5, 0.6) is 0 Å². The van der Waals surface area contributed by atoms with Crippen LogP contribution in [-0.2, 0) is 9.59 Å². The molecule has 7 aliphatic carbocycles. The van der Waals surface area contributed by atoms with Crippen LogP contribution >= 0.6 is 0 Å². The molecular weight excluding hydrogens is 272 g/mol. The third-order valence-corrected chi connectivity index (χ3v) is 9.00.